The van der Waals surface area contributed by atoms with Crippen molar-refractivity contribution in [3.8, 4) is 11.5 Å². The summed E-state index contributed by atoms with van der Waals surface area (Å²) in [5, 5.41) is 5.11. The highest BCUT2D eigenvalue weighted by molar-refractivity contribution is 6.04. The fourth-order valence-corrected chi connectivity index (χ4v) is 4.39. The van der Waals surface area contributed by atoms with Crippen LogP contribution in [0.15, 0.2) is 84.9 Å². The fourth-order valence-electron chi connectivity index (χ4n) is 4.39. The number of hydrogen-bond donors (Lipinski definition) is 1. The molecule has 0 spiro atoms. The van der Waals surface area contributed by atoms with Crippen LogP contribution >= 0.6 is 0 Å². The first-order valence-electron chi connectivity index (χ1n) is 11.4. The van der Waals surface area contributed by atoms with Gasteiger partial charge in [-0.2, -0.15) is 0 Å². The average molecular weight is 451 g/mol. The molecule has 0 radical (unpaired) electrons. The normalized spacial score (nSPS) is 15.5. The molecule has 0 aromatic heterocycles. The Bertz CT molecular complexity index is 1370. The number of rotatable bonds is 5. The van der Waals surface area contributed by atoms with Gasteiger partial charge in [0.25, 0.3) is 0 Å². The molecule has 1 heterocycles. The highest BCUT2D eigenvalue weighted by Gasteiger charge is 2.35. The molecule has 2 amide bonds. The van der Waals surface area contributed by atoms with E-state index in [2.05, 4.69) is 17.4 Å². The molecule has 1 fully saturated rings. The Morgan fingerprint density at radius 2 is 1.71 bits per heavy atom. The molecule has 1 N–H and O–H groups in total. The van der Waals surface area contributed by atoms with Crippen LogP contribution in [0.4, 0.5) is 11.4 Å². The lowest BCUT2D eigenvalue weighted by Gasteiger charge is -2.19. The number of nitrogens with one attached hydrogen (secondary N) is 1. The van der Waals surface area contributed by atoms with E-state index in [1.54, 1.807) is 4.90 Å². The Morgan fingerprint density at radius 1 is 0.941 bits per heavy atom. The Labute approximate surface area is 199 Å². The first-order chi connectivity index (χ1) is 16.5. The summed E-state index contributed by atoms with van der Waals surface area (Å²) in [6, 6.07) is 27.4. The maximum Gasteiger partial charge on any atom is 0.229 e. The summed E-state index contributed by atoms with van der Waals surface area (Å²) in [6.45, 7) is 4.37. The maximum atomic E-state index is 12.9. The van der Waals surface area contributed by atoms with Crippen molar-refractivity contribution < 1.29 is 14.3 Å². The monoisotopic (exact) mass is 450 g/mol. The van der Waals surface area contributed by atoms with Crippen LogP contribution < -0.4 is 15.0 Å². The number of carbonyl (C=O) groups is 2. The predicted molar refractivity (Wildman–Crippen MR) is 135 cm³/mol. The molecule has 5 rings (SSSR count). The SMILES string of the molecule is Cc1ccc(C)c(N2C[C@@H](C(=O)Nc3ccc(Oc4cccc5ccccc45)cc3)CC2=O)c1. The van der Waals surface area contributed by atoms with E-state index >= 15 is 0 Å². The topological polar surface area (TPSA) is 58.6 Å². The highest BCUT2D eigenvalue weighted by atomic mass is 16.5. The average Bonchev–Trinajstić information content (AvgIpc) is 3.23. The van der Waals surface area contributed by atoms with Crippen molar-refractivity contribution in [3.05, 3.63) is 96.1 Å². The third kappa shape index (κ3) is 4.37. The summed E-state index contributed by atoms with van der Waals surface area (Å²) in [5.41, 5.74) is 3.68. The standard InChI is InChI=1S/C29H26N2O3/c1-19-10-11-20(2)26(16-19)31-18-22(17-28(31)32)29(33)30-23-12-14-24(15-13-23)34-27-9-5-7-21-6-3-4-8-25(21)27/h3-16,22H,17-18H2,1-2H3,(H,30,33)/t22-/m0/s1. The van der Waals surface area contributed by atoms with E-state index in [1.807, 2.05) is 86.6 Å². The van der Waals surface area contributed by atoms with Gasteiger partial charge in [-0.25, -0.2) is 0 Å². The lowest BCUT2D eigenvalue weighted by molar-refractivity contribution is -0.122. The second kappa shape index (κ2) is 9.02. The van der Waals surface area contributed by atoms with E-state index in [-0.39, 0.29) is 24.2 Å². The minimum Gasteiger partial charge on any atom is -0.457 e. The number of fused-ring (bicyclic) bond motifs is 1. The molecule has 4 aromatic carbocycles. The van der Waals surface area contributed by atoms with Crippen molar-refractivity contribution in [2.45, 2.75) is 20.3 Å². The van der Waals surface area contributed by atoms with Gasteiger partial charge in [0, 0.05) is 29.7 Å². The Hall–Kier alpha value is -4.12. The van der Waals surface area contributed by atoms with Gasteiger partial charge in [0.2, 0.25) is 11.8 Å². The van der Waals surface area contributed by atoms with Gasteiger partial charge in [0.05, 0.1) is 5.92 Å². The van der Waals surface area contributed by atoms with E-state index in [0.717, 1.165) is 33.3 Å². The smallest absolute Gasteiger partial charge is 0.229 e. The van der Waals surface area contributed by atoms with Gasteiger partial charge in [0.1, 0.15) is 11.5 Å². The lowest BCUT2D eigenvalue weighted by Crippen LogP contribution is -2.28. The quantitative estimate of drug-likeness (QED) is 0.391. The molecule has 5 nitrogen and oxygen atoms in total. The number of hydrogen-bond acceptors (Lipinski definition) is 3. The van der Waals surface area contributed by atoms with E-state index in [1.165, 1.54) is 0 Å². The zero-order chi connectivity index (χ0) is 23.7. The molecule has 0 saturated carbocycles. The van der Waals surface area contributed by atoms with Crippen LogP contribution in [0.2, 0.25) is 0 Å². The third-order valence-electron chi connectivity index (χ3n) is 6.25. The zero-order valence-electron chi connectivity index (χ0n) is 19.2. The highest BCUT2D eigenvalue weighted by Crippen LogP contribution is 2.31. The zero-order valence-corrected chi connectivity index (χ0v) is 19.2. The van der Waals surface area contributed by atoms with E-state index < -0.39 is 0 Å². The molecule has 1 aliphatic rings. The van der Waals surface area contributed by atoms with Crippen molar-refractivity contribution in [1.29, 1.82) is 0 Å². The van der Waals surface area contributed by atoms with Gasteiger partial charge in [-0.15, -0.1) is 0 Å². The largest absolute Gasteiger partial charge is 0.457 e. The van der Waals surface area contributed by atoms with Gasteiger partial charge in [-0.05, 0) is 66.8 Å². The Balaban J connectivity index is 1.25. The number of aryl methyl sites for hydroxylation is 2. The van der Waals surface area contributed by atoms with Crippen LogP contribution in [0, 0.1) is 19.8 Å². The van der Waals surface area contributed by atoms with Crippen molar-refractivity contribution in [2.24, 2.45) is 5.92 Å². The summed E-state index contributed by atoms with van der Waals surface area (Å²) in [7, 11) is 0. The molecule has 34 heavy (non-hydrogen) atoms. The van der Waals surface area contributed by atoms with Crippen LogP contribution in [0.1, 0.15) is 17.5 Å². The minimum absolute atomic E-state index is 0.0207. The molecule has 0 bridgehead atoms. The number of ether oxygens (including phenoxy) is 1. The van der Waals surface area contributed by atoms with E-state index in [4.69, 9.17) is 4.74 Å². The Kier molecular flexibility index (Phi) is 5.76. The predicted octanol–water partition coefficient (Wildman–Crippen LogP) is 6.24. The van der Waals surface area contributed by atoms with Gasteiger partial charge >= 0.3 is 0 Å². The summed E-state index contributed by atoms with van der Waals surface area (Å²) in [6.07, 6.45) is 0.210. The number of amides is 2. The minimum atomic E-state index is -0.390. The molecule has 0 unspecified atom stereocenters. The molecule has 4 aromatic rings. The summed E-state index contributed by atoms with van der Waals surface area (Å²) in [5.74, 6) is 0.910. The van der Waals surface area contributed by atoms with Crippen LogP contribution in [-0.4, -0.2) is 18.4 Å². The van der Waals surface area contributed by atoms with Crippen molar-refractivity contribution in [2.75, 3.05) is 16.8 Å². The molecular weight excluding hydrogens is 424 g/mol. The Morgan fingerprint density at radius 3 is 2.53 bits per heavy atom. The lowest BCUT2D eigenvalue weighted by atomic mass is 10.1. The number of anilines is 2. The first kappa shape index (κ1) is 21.7. The molecule has 0 aliphatic carbocycles. The van der Waals surface area contributed by atoms with Gasteiger partial charge < -0.3 is 15.0 Å². The van der Waals surface area contributed by atoms with Crippen molar-refractivity contribution >= 4 is 34.0 Å². The van der Waals surface area contributed by atoms with Gasteiger partial charge in [-0.1, -0.05) is 48.5 Å². The van der Waals surface area contributed by atoms with Crippen LogP contribution in [0.5, 0.6) is 11.5 Å². The van der Waals surface area contributed by atoms with E-state index in [0.29, 0.717) is 18.0 Å². The third-order valence-corrected chi connectivity index (χ3v) is 6.25. The molecule has 1 aliphatic heterocycles. The van der Waals surface area contributed by atoms with Crippen LogP contribution in [0.3, 0.4) is 0 Å². The molecule has 1 saturated heterocycles. The van der Waals surface area contributed by atoms with Crippen LogP contribution in [-0.2, 0) is 9.59 Å². The van der Waals surface area contributed by atoms with Crippen molar-refractivity contribution in [3.63, 3.8) is 0 Å². The van der Waals surface area contributed by atoms with Crippen LogP contribution in [0.25, 0.3) is 10.8 Å². The maximum absolute atomic E-state index is 12.9. The van der Waals surface area contributed by atoms with Gasteiger partial charge in [-0.3, -0.25) is 9.59 Å². The van der Waals surface area contributed by atoms with Crippen molar-refractivity contribution in [1.82, 2.24) is 0 Å². The summed E-state index contributed by atoms with van der Waals surface area (Å²) in [4.78, 5) is 27.3. The number of benzene rings is 4. The molecule has 5 heteroatoms. The summed E-state index contributed by atoms with van der Waals surface area (Å²) >= 11 is 0. The molecule has 170 valence electrons. The summed E-state index contributed by atoms with van der Waals surface area (Å²) < 4.78 is 6.09. The second-order valence-corrected chi connectivity index (χ2v) is 8.79. The van der Waals surface area contributed by atoms with E-state index in [9.17, 15) is 9.59 Å². The first-order valence-corrected chi connectivity index (χ1v) is 11.4. The fraction of sp³-hybridized carbons (Fsp3) is 0.172. The molecular formula is C29H26N2O3. The molecule has 1 atom stereocenters. The number of carbonyl (C=O) groups excluding carboxylic acids is 2. The van der Waals surface area contributed by atoms with Gasteiger partial charge in [0.15, 0.2) is 0 Å². The number of nitrogens with zero attached hydrogens (tertiary/aromatic N) is 1. The second-order valence-electron chi connectivity index (χ2n) is 8.79.